The number of hydrogen-bond acceptors (Lipinski definition) is 2. The number of fused-ring (bicyclic) bond motifs is 1. The molecule has 0 saturated carbocycles. The molecule has 2 atom stereocenters. The van der Waals surface area contributed by atoms with E-state index in [1.54, 1.807) is 0 Å². The Morgan fingerprint density at radius 2 is 1.90 bits per heavy atom. The molecule has 0 fully saturated rings. The molecule has 0 radical (unpaired) electrons. The van der Waals surface area contributed by atoms with E-state index in [9.17, 15) is 5.11 Å². The van der Waals surface area contributed by atoms with Gasteiger partial charge in [0.15, 0.2) is 0 Å². The van der Waals surface area contributed by atoms with E-state index in [1.165, 1.54) is 49.0 Å². The highest BCUT2D eigenvalue weighted by Crippen LogP contribution is 2.31. The smallest absolute Gasteiger partial charge is 0.0790 e. The van der Waals surface area contributed by atoms with Crippen LogP contribution in [0.15, 0.2) is 18.2 Å². The van der Waals surface area contributed by atoms with E-state index in [4.69, 9.17) is 0 Å². The Bertz CT molecular complexity index is 437. The molecular weight excluding hydrogens is 258 g/mol. The summed E-state index contributed by atoms with van der Waals surface area (Å²) in [4.78, 5) is 2.66. The second-order valence-corrected chi connectivity index (χ2v) is 6.34. The van der Waals surface area contributed by atoms with Crippen molar-refractivity contribution in [1.82, 2.24) is 4.90 Å². The van der Waals surface area contributed by atoms with E-state index in [0.29, 0.717) is 6.04 Å². The molecular formula is C19H31NO. The normalized spacial score (nSPS) is 19.6. The lowest BCUT2D eigenvalue weighted by Gasteiger charge is -2.36. The number of nitrogens with zero attached hydrogens (tertiary/aromatic N) is 1. The van der Waals surface area contributed by atoms with Gasteiger partial charge in [-0.1, -0.05) is 39.0 Å². The van der Waals surface area contributed by atoms with Crippen molar-refractivity contribution in [2.24, 2.45) is 0 Å². The van der Waals surface area contributed by atoms with Crippen LogP contribution in [0.25, 0.3) is 0 Å². The number of benzene rings is 1. The Balaban J connectivity index is 2.21. The average Bonchev–Trinajstić information content (AvgIpc) is 2.53. The van der Waals surface area contributed by atoms with Crippen molar-refractivity contribution in [3.05, 3.63) is 34.9 Å². The summed E-state index contributed by atoms with van der Waals surface area (Å²) in [6.07, 6.45) is 6.49. The molecule has 0 bridgehead atoms. The van der Waals surface area contributed by atoms with Crippen LogP contribution in [0.5, 0.6) is 0 Å². The van der Waals surface area contributed by atoms with Gasteiger partial charge in [-0.3, -0.25) is 0 Å². The maximum atomic E-state index is 10.3. The minimum atomic E-state index is -0.301. The molecule has 1 aliphatic rings. The van der Waals surface area contributed by atoms with Crippen molar-refractivity contribution in [3.8, 4) is 0 Å². The third-order valence-electron chi connectivity index (χ3n) is 4.78. The van der Waals surface area contributed by atoms with Crippen LogP contribution in [-0.2, 0) is 12.8 Å². The maximum Gasteiger partial charge on any atom is 0.0790 e. The van der Waals surface area contributed by atoms with Gasteiger partial charge in [0.25, 0.3) is 0 Å². The molecule has 0 saturated heterocycles. The predicted octanol–water partition coefficient (Wildman–Crippen LogP) is 4.11. The highest BCUT2D eigenvalue weighted by molar-refractivity contribution is 5.39. The van der Waals surface area contributed by atoms with Gasteiger partial charge < -0.3 is 10.0 Å². The van der Waals surface area contributed by atoms with E-state index in [2.05, 4.69) is 43.9 Å². The first-order chi connectivity index (χ1) is 10.2. The molecule has 118 valence electrons. The van der Waals surface area contributed by atoms with E-state index in [1.807, 2.05) is 0 Å². The number of aryl methyl sites for hydroxylation is 1. The summed E-state index contributed by atoms with van der Waals surface area (Å²) in [5.74, 6) is 0. The summed E-state index contributed by atoms with van der Waals surface area (Å²) < 4.78 is 0. The van der Waals surface area contributed by atoms with Gasteiger partial charge in [-0.25, -0.2) is 0 Å². The molecule has 1 aromatic carbocycles. The van der Waals surface area contributed by atoms with Crippen LogP contribution >= 0.6 is 0 Å². The van der Waals surface area contributed by atoms with Gasteiger partial charge in [-0.2, -0.15) is 0 Å². The van der Waals surface area contributed by atoms with Crippen LogP contribution in [0.2, 0.25) is 0 Å². The van der Waals surface area contributed by atoms with E-state index < -0.39 is 0 Å². The van der Waals surface area contributed by atoms with Gasteiger partial charge in [0.05, 0.1) is 6.10 Å². The number of rotatable bonds is 7. The van der Waals surface area contributed by atoms with Crippen molar-refractivity contribution in [3.63, 3.8) is 0 Å². The zero-order valence-corrected chi connectivity index (χ0v) is 13.9. The van der Waals surface area contributed by atoms with E-state index in [0.717, 1.165) is 19.3 Å². The van der Waals surface area contributed by atoms with Gasteiger partial charge in [0.1, 0.15) is 0 Å². The number of aliphatic hydroxyl groups excluding tert-OH is 1. The zero-order valence-electron chi connectivity index (χ0n) is 13.9. The monoisotopic (exact) mass is 289 g/mol. The lowest BCUT2D eigenvalue weighted by atomic mass is 9.83. The average molecular weight is 289 g/mol. The Kier molecular flexibility index (Phi) is 6.25. The summed E-state index contributed by atoms with van der Waals surface area (Å²) in [5, 5.41) is 10.3. The molecule has 2 nitrogen and oxygen atoms in total. The first-order valence-corrected chi connectivity index (χ1v) is 8.73. The molecule has 1 N–H and O–H groups in total. The molecule has 2 rings (SSSR count). The quantitative estimate of drug-likeness (QED) is 0.816. The molecule has 0 aliphatic heterocycles. The highest BCUT2D eigenvalue weighted by atomic mass is 16.3. The van der Waals surface area contributed by atoms with E-state index >= 15 is 0 Å². The van der Waals surface area contributed by atoms with E-state index in [-0.39, 0.29) is 6.10 Å². The summed E-state index contributed by atoms with van der Waals surface area (Å²) in [6, 6.07) is 7.15. The molecule has 0 spiro atoms. The molecule has 1 aliphatic carbocycles. The van der Waals surface area contributed by atoms with Gasteiger partial charge in [-0.05, 0) is 68.3 Å². The Morgan fingerprint density at radius 3 is 2.52 bits per heavy atom. The van der Waals surface area contributed by atoms with Crippen LogP contribution in [0.4, 0.5) is 0 Å². The third-order valence-corrected chi connectivity index (χ3v) is 4.78. The Morgan fingerprint density at radius 1 is 1.19 bits per heavy atom. The first-order valence-electron chi connectivity index (χ1n) is 8.73. The fourth-order valence-corrected chi connectivity index (χ4v) is 3.69. The largest absolute Gasteiger partial charge is 0.388 e. The second-order valence-electron chi connectivity index (χ2n) is 6.34. The third kappa shape index (κ3) is 3.87. The summed E-state index contributed by atoms with van der Waals surface area (Å²) in [6.45, 7) is 9.00. The minimum Gasteiger partial charge on any atom is -0.388 e. The van der Waals surface area contributed by atoms with Crippen LogP contribution in [0, 0.1) is 0 Å². The van der Waals surface area contributed by atoms with Crippen LogP contribution < -0.4 is 0 Å². The maximum absolute atomic E-state index is 10.3. The Labute approximate surface area is 130 Å². The van der Waals surface area contributed by atoms with Gasteiger partial charge in [-0.15, -0.1) is 0 Å². The number of aliphatic hydroxyl groups is 1. The second kappa shape index (κ2) is 7.95. The number of hydrogen-bond donors (Lipinski definition) is 1. The highest BCUT2D eigenvalue weighted by Gasteiger charge is 2.26. The van der Waals surface area contributed by atoms with Crippen molar-refractivity contribution in [1.29, 1.82) is 0 Å². The summed E-state index contributed by atoms with van der Waals surface area (Å²) >= 11 is 0. The van der Waals surface area contributed by atoms with Crippen molar-refractivity contribution in [2.75, 3.05) is 13.1 Å². The van der Waals surface area contributed by atoms with Gasteiger partial charge >= 0.3 is 0 Å². The standard InChI is InChI=1S/C19H31NO/c1-4-12-20(13-5-2)16-11-10-15-8-7-9-17(18(15)14-16)19(21)6-3/h7-9,16,19,21H,4-6,10-14H2,1-3H3. The first kappa shape index (κ1) is 16.5. The zero-order chi connectivity index (χ0) is 15.2. The topological polar surface area (TPSA) is 23.5 Å². The Hall–Kier alpha value is -0.860. The van der Waals surface area contributed by atoms with Crippen molar-refractivity contribution in [2.45, 2.75) is 71.4 Å². The van der Waals surface area contributed by atoms with Crippen LogP contribution in [0.1, 0.15) is 69.2 Å². The molecule has 2 heteroatoms. The van der Waals surface area contributed by atoms with Crippen LogP contribution in [0.3, 0.4) is 0 Å². The molecule has 1 aromatic rings. The minimum absolute atomic E-state index is 0.301. The lowest BCUT2D eigenvalue weighted by Crippen LogP contribution is -2.40. The molecule has 0 amide bonds. The fraction of sp³-hybridized carbons (Fsp3) is 0.684. The molecule has 0 aromatic heterocycles. The van der Waals surface area contributed by atoms with Gasteiger partial charge in [0.2, 0.25) is 0 Å². The van der Waals surface area contributed by atoms with Gasteiger partial charge in [0, 0.05) is 6.04 Å². The molecule has 0 heterocycles. The van der Waals surface area contributed by atoms with Crippen LogP contribution in [-0.4, -0.2) is 29.1 Å². The molecule has 2 unspecified atom stereocenters. The molecule has 21 heavy (non-hydrogen) atoms. The summed E-state index contributed by atoms with van der Waals surface area (Å²) in [7, 11) is 0. The predicted molar refractivity (Wildman–Crippen MR) is 89.7 cm³/mol. The summed E-state index contributed by atoms with van der Waals surface area (Å²) in [5.41, 5.74) is 4.07. The lowest BCUT2D eigenvalue weighted by molar-refractivity contribution is 0.163. The fourth-order valence-electron chi connectivity index (χ4n) is 3.69. The van der Waals surface area contributed by atoms with Crippen molar-refractivity contribution >= 4 is 0 Å². The van der Waals surface area contributed by atoms with Crippen molar-refractivity contribution < 1.29 is 5.11 Å². The SMILES string of the molecule is CCCN(CCC)C1CCc2cccc(C(O)CC)c2C1.